The predicted octanol–water partition coefficient (Wildman–Crippen LogP) is 13.7. The summed E-state index contributed by atoms with van der Waals surface area (Å²) in [5.41, 5.74) is 4.98. The highest BCUT2D eigenvalue weighted by Gasteiger charge is 2.15. The molecule has 0 bridgehead atoms. The zero-order chi connectivity index (χ0) is 31.3. The van der Waals surface area contributed by atoms with Gasteiger partial charge in [0.05, 0.1) is 0 Å². The normalized spacial score (nSPS) is 12.2. The van der Waals surface area contributed by atoms with Crippen LogP contribution in [0.5, 0.6) is 0 Å². The maximum atomic E-state index is 2.43. The van der Waals surface area contributed by atoms with Gasteiger partial charge in [-0.2, -0.15) is 0 Å². The van der Waals surface area contributed by atoms with Crippen LogP contribution in [0.3, 0.4) is 0 Å². The van der Waals surface area contributed by atoms with E-state index in [4.69, 9.17) is 0 Å². The minimum atomic E-state index is 1.22. The molecular weight excluding hydrogens is 577 g/mol. The third kappa shape index (κ3) is 3.55. The summed E-state index contributed by atoms with van der Waals surface area (Å²) in [6.07, 6.45) is 0. The van der Waals surface area contributed by atoms with E-state index < -0.39 is 0 Å². The summed E-state index contributed by atoms with van der Waals surface area (Å²) in [6, 6.07) is 63.5. The Balaban J connectivity index is 1.16. The molecule has 0 aliphatic carbocycles. The fraction of sp³-hybridized carbons (Fsp3) is 0. The van der Waals surface area contributed by atoms with Crippen LogP contribution in [-0.4, -0.2) is 0 Å². The highest BCUT2D eigenvalue weighted by Crippen LogP contribution is 2.43. The maximum absolute atomic E-state index is 2.43. The zero-order valence-electron chi connectivity index (χ0n) is 26.2. The Kier molecular flexibility index (Phi) is 5.20. The van der Waals surface area contributed by atoms with Crippen molar-refractivity contribution in [3.8, 4) is 22.3 Å². The van der Waals surface area contributed by atoms with E-state index in [2.05, 4.69) is 170 Å². The van der Waals surface area contributed by atoms with Gasteiger partial charge >= 0.3 is 0 Å². The van der Waals surface area contributed by atoms with Crippen molar-refractivity contribution >= 4 is 86.2 Å². The molecule has 11 rings (SSSR count). The summed E-state index contributed by atoms with van der Waals surface area (Å²) < 4.78 is 0. The summed E-state index contributed by atoms with van der Waals surface area (Å²) >= 11 is 0. The minimum Gasteiger partial charge on any atom is -0.0616 e. The van der Waals surface area contributed by atoms with Gasteiger partial charge in [-0.05, 0) is 121 Å². The van der Waals surface area contributed by atoms with Crippen molar-refractivity contribution in [3.63, 3.8) is 0 Å². The van der Waals surface area contributed by atoms with Crippen LogP contribution in [0.25, 0.3) is 108 Å². The fourth-order valence-electron chi connectivity index (χ4n) is 8.58. The molecule has 0 nitrogen and oxygen atoms in total. The third-order valence-corrected chi connectivity index (χ3v) is 10.7. The molecule has 0 aliphatic heterocycles. The van der Waals surface area contributed by atoms with Crippen molar-refractivity contribution in [3.05, 3.63) is 170 Å². The van der Waals surface area contributed by atoms with Gasteiger partial charge in [-0.15, -0.1) is 0 Å². The average molecular weight is 605 g/mol. The number of benzene rings is 10. The first kappa shape index (κ1) is 25.9. The lowest BCUT2D eigenvalue weighted by atomic mass is 9.88. The van der Waals surface area contributed by atoms with Crippen LogP contribution in [0, 0.1) is 0 Å². The monoisotopic (exact) mass is 604 g/mol. The Morgan fingerprint density at radius 3 is 1.38 bits per heavy atom. The van der Waals surface area contributed by atoms with Gasteiger partial charge in [-0.1, -0.05) is 158 Å². The van der Waals surface area contributed by atoms with Crippen molar-refractivity contribution < 1.29 is 0 Å². The van der Waals surface area contributed by atoms with Gasteiger partial charge in [0.1, 0.15) is 0 Å². The van der Waals surface area contributed by atoms with Gasteiger partial charge in [0, 0.05) is 0 Å². The molecule has 0 unspecified atom stereocenters. The highest BCUT2D eigenvalue weighted by molar-refractivity contribution is 6.33. The van der Waals surface area contributed by atoms with Gasteiger partial charge in [-0.3, -0.25) is 0 Å². The molecule has 0 heteroatoms. The molecule has 0 radical (unpaired) electrons. The maximum Gasteiger partial charge on any atom is -0.00199 e. The van der Waals surface area contributed by atoms with Gasteiger partial charge in [-0.25, -0.2) is 0 Å². The molecule has 0 spiro atoms. The zero-order valence-corrected chi connectivity index (χ0v) is 26.2. The fourth-order valence-corrected chi connectivity index (χ4v) is 8.58. The quantitative estimate of drug-likeness (QED) is 0.172. The summed E-state index contributed by atoms with van der Waals surface area (Å²) in [6.45, 7) is 0. The molecule has 0 heterocycles. The Hall–Kier alpha value is -6.24. The highest BCUT2D eigenvalue weighted by atomic mass is 14.2. The second-order valence-corrected chi connectivity index (χ2v) is 13.2. The number of fused-ring (bicyclic) bond motifs is 5. The molecule has 0 saturated heterocycles. The van der Waals surface area contributed by atoms with Crippen molar-refractivity contribution in [2.24, 2.45) is 0 Å². The minimum absolute atomic E-state index is 1.22. The van der Waals surface area contributed by atoms with Crippen molar-refractivity contribution in [1.29, 1.82) is 0 Å². The third-order valence-electron chi connectivity index (χ3n) is 10.7. The van der Waals surface area contributed by atoms with Gasteiger partial charge in [0.25, 0.3) is 0 Å². The van der Waals surface area contributed by atoms with Gasteiger partial charge in [0.15, 0.2) is 0 Å². The largest absolute Gasteiger partial charge is 0.0616 e. The Morgan fingerprint density at radius 2 is 0.667 bits per heavy atom. The van der Waals surface area contributed by atoms with E-state index in [-0.39, 0.29) is 0 Å². The van der Waals surface area contributed by atoms with Crippen LogP contribution in [0.15, 0.2) is 170 Å². The second-order valence-electron chi connectivity index (χ2n) is 13.2. The van der Waals surface area contributed by atoms with E-state index in [1.807, 2.05) is 0 Å². The first-order valence-corrected chi connectivity index (χ1v) is 16.8. The van der Waals surface area contributed by atoms with Crippen molar-refractivity contribution in [1.82, 2.24) is 0 Å². The Bertz CT molecular complexity index is 3070. The van der Waals surface area contributed by atoms with Crippen LogP contribution >= 0.6 is 0 Å². The van der Waals surface area contributed by atoms with Crippen LogP contribution in [0.1, 0.15) is 0 Å². The SMILES string of the molecule is c1cc2ccc3ccc(-c4ccc(-c5cc6ccc7cccc8c9ccccc9c9ccccc9c(c5)c6c78)cc4)c4ccc(c1)c2c34. The molecule has 0 fully saturated rings. The van der Waals surface area contributed by atoms with E-state index in [1.54, 1.807) is 0 Å². The van der Waals surface area contributed by atoms with Gasteiger partial charge < -0.3 is 0 Å². The predicted molar refractivity (Wildman–Crippen MR) is 209 cm³/mol. The molecule has 0 aromatic heterocycles. The number of hydrogen-bond donors (Lipinski definition) is 0. The second kappa shape index (κ2) is 9.64. The summed E-state index contributed by atoms with van der Waals surface area (Å²) in [5.74, 6) is 0. The first-order valence-electron chi connectivity index (χ1n) is 16.8. The standard InChI is InChI=1S/C48H28/c1-3-12-40-38(10-1)39-11-2-4-13-41(39)44-28-36(27-35-22-21-33-9-6-14-42(40)47(33)48(35)44)29-15-17-30(18-16-29)37-25-23-34-20-19-31-7-5-8-32-24-26-43(37)46(34)45(31)32/h1-28H. The van der Waals surface area contributed by atoms with E-state index in [0.29, 0.717) is 0 Å². The lowest BCUT2D eigenvalue weighted by Crippen LogP contribution is -1.88. The van der Waals surface area contributed by atoms with E-state index in [9.17, 15) is 0 Å². The molecule has 11 aromatic rings. The van der Waals surface area contributed by atoms with Gasteiger partial charge in [0.2, 0.25) is 0 Å². The van der Waals surface area contributed by atoms with E-state index in [1.165, 1.54) is 108 Å². The average Bonchev–Trinajstić information content (AvgIpc) is 3.15. The molecule has 0 N–H and O–H groups in total. The molecule has 220 valence electrons. The summed E-state index contributed by atoms with van der Waals surface area (Å²) in [4.78, 5) is 0. The molecule has 0 saturated carbocycles. The van der Waals surface area contributed by atoms with Crippen molar-refractivity contribution in [2.75, 3.05) is 0 Å². The Labute approximate surface area is 277 Å². The van der Waals surface area contributed by atoms with Crippen molar-refractivity contribution in [2.45, 2.75) is 0 Å². The molecule has 0 amide bonds. The lowest BCUT2D eigenvalue weighted by Gasteiger charge is -2.16. The molecule has 48 heavy (non-hydrogen) atoms. The topological polar surface area (TPSA) is 0 Å². The van der Waals surface area contributed by atoms with Crippen LogP contribution in [-0.2, 0) is 0 Å². The van der Waals surface area contributed by atoms with E-state index in [0.717, 1.165) is 0 Å². The Morgan fingerprint density at radius 1 is 0.208 bits per heavy atom. The van der Waals surface area contributed by atoms with Crippen LogP contribution in [0.4, 0.5) is 0 Å². The van der Waals surface area contributed by atoms with Crippen LogP contribution in [0.2, 0.25) is 0 Å². The van der Waals surface area contributed by atoms with E-state index >= 15 is 0 Å². The molecule has 0 atom stereocenters. The summed E-state index contributed by atoms with van der Waals surface area (Å²) in [7, 11) is 0. The van der Waals surface area contributed by atoms with Crippen LogP contribution < -0.4 is 0 Å². The number of rotatable bonds is 2. The number of hydrogen-bond acceptors (Lipinski definition) is 0. The smallest absolute Gasteiger partial charge is 0.00199 e. The molecule has 0 aliphatic rings. The molecular formula is C48H28. The summed E-state index contributed by atoms with van der Waals surface area (Å²) in [5, 5.41) is 20.9. The first-order chi connectivity index (χ1) is 23.8. The molecule has 11 aromatic carbocycles. The lowest BCUT2D eigenvalue weighted by molar-refractivity contribution is 1.63.